The number of rotatable bonds is 5. The predicted octanol–water partition coefficient (Wildman–Crippen LogP) is 4.16. The van der Waals surface area contributed by atoms with Gasteiger partial charge in [-0.3, -0.25) is 9.59 Å². The lowest BCUT2D eigenvalue weighted by Gasteiger charge is -2.35. The van der Waals surface area contributed by atoms with Crippen LogP contribution in [0.3, 0.4) is 0 Å². The Morgan fingerprint density at radius 2 is 1.89 bits per heavy atom. The molecule has 1 N–H and O–H groups in total. The van der Waals surface area contributed by atoms with Gasteiger partial charge in [-0.1, -0.05) is 31.2 Å². The van der Waals surface area contributed by atoms with Crippen molar-refractivity contribution in [2.75, 3.05) is 6.54 Å². The Morgan fingerprint density at radius 1 is 1.11 bits per heavy atom. The van der Waals surface area contributed by atoms with Crippen molar-refractivity contribution in [3.63, 3.8) is 0 Å². The molecule has 2 aromatic carbocycles. The molecule has 1 aliphatic rings. The summed E-state index contributed by atoms with van der Waals surface area (Å²) in [6.45, 7) is 2.97. The standard InChI is InChI=1S/C22H25FN2O2/c1-2-19-11-5-6-13-25(19)22(27)17-10-7-9-16(14-17)21(26)24-15-18-8-3-4-12-20(18)23/h3-4,7-10,12,14,19H,2,5-6,11,13,15H2,1H3,(H,24,26). The lowest BCUT2D eigenvalue weighted by atomic mass is 9.98. The molecule has 0 aliphatic carbocycles. The summed E-state index contributed by atoms with van der Waals surface area (Å²) in [4.78, 5) is 27.3. The van der Waals surface area contributed by atoms with E-state index in [-0.39, 0.29) is 30.2 Å². The Bertz CT molecular complexity index is 821. The van der Waals surface area contributed by atoms with Gasteiger partial charge in [0.25, 0.3) is 11.8 Å². The van der Waals surface area contributed by atoms with Gasteiger partial charge >= 0.3 is 0 Å². The molecule has 1 atom stereocenters. The van der Waals surface area contributed by atoms with Crippen LogP contribution in [0.1, 0.15) is 58.9 Å². The molecule has 0 aromatic heterocycles. The molecule has 1 unspecified atom stereocenters. The van der Waals surface area contributed by atoms with E-state index in [0.29, 0.717) is 16.7 Å². The van der Waals surface area contributed by atoms with Crippen molar-refractivity contribution in [2.45, 2.75) is 45.2 Å². The van der Waals surface area contributed by atoms with Crippen molar-refractivity contribution in [1.29, 1.82) is 0 Å². The van der Waals surface area contributed by atoms with Crippen LogP contribution in [0.25, 0.3) is 0 Å². The summed E-state index contributed by atoms with van der Waals surface area (Å²) >= 11 is 0. The molecule has 0 spiro atoms. The molecule has 27 heavy (non-hydrogen) atoms. The number of hydrogen-bond donors (Lipinski definition) is 1. The van der Waals surface area contributed by atoms with Crippen LogP contribution in [-0.2, 0) is 6.54 Å². The first-order valence-electron chi connectivity index (χ1n) is 9.52. The van der Waals surface area contributed by atoms with E-state index in [1.165, 1.54) is 6.07 Å². The van der Waals surface area contributed by atoms with Crippen LogP contribution in [0, 0.1) is 5.82 Å². The zero-order valence-corrected chi connectivity index (χ0v) is 15.6. The van der Waals surface area contributed by atoms with Crippen molar-refractivity contribution in [2.24, 2.45) is 0 Å². The number of halogens is 1. The summed E-state index contributed by atoms with van der Waals surface area (Å²) in [7, 11) is 0. The Morgan fingerprint density at radius 3 is 2.67 bits per heavy atom. The van der Waals surface area contributed by atoms with Gasteiger partial charge in [0.15, 0.2) is 0 Å². The molecule has 1 saturated heterocycles. The lowest BCUT2D eigenvalue weighted by Crippen LogP contribution is -2.43. The normalized spacial score (nSPS) is 16.8. The van der Waals surface area contributed by atoms with Crippen LogP contribution in [0.5, 0.6) is 0 Å². The second-order valence-corrected chi connectivity index (χ2v) is 6.91. The molecule has 0 bridgehead atoms. The molecule has 1 aliphatic heterocycles. The minimum absolute atomic E-state index is 0.0229. The van der Waals surface area contributed by atoms with Gasteiger partial charge in [0.1, 0.15) is 5.82 Å². The van der Waals surface area contributed by atoms with Gasteiger partial charge < -0.3 is 10.2 Å². The number of nitrogens with zero attached hydrogens (tertiary/aromatic N) is 1. The van der Waals surface area contributed by atoms with Crippen molar-refractivity contribution in [1.82, 2.24) is 10.2 Å². The number of benzene rings is 2. The average molecular weight is 368 g/mol. The zero-order valence-electron chi connectivity index (χ0n) is 15.6. The van der Waals surface area contributed by atoms with Gasteiger partial charge in [0, 0.05) is 35.8 Å². The highest BCUT2D eigenvalue weighted by atomic mass is 19.1. The number of piperidine rings is 1. The van der Waals surface area contributed by atoms with Crippen LogP contribution >= 0.6 is 0 Å². The van der Waals surface area contributed by atoms with Gasteiger partial charge in [0.05, 0.1) is 0 Å². The monoisotopic (exact) mass is 368 g/mol. The third kappa shape index (κ3) is 4.54. The van der Waals surface area contributed by atoms with Gasteiger partial charge in [-0.15, -0.1) is 0 Å². The minimum Gasteiger partial charge on any atom is -0.348 e. The van der Waals surface area contributed by atoms with Crippen LogP contribution in [0.15, 0.2) is 48.5 Å². The summed E-state index contributed by atoms with van der Waals surface area (Å²) in [5.41, 5.74) is 1.35. The first kappa shape index (κ1) is 19.1. The summed E-state index contributed by atoms with van der Waals surface area (Å²) < 4.78 is 13.7. The van der Waals surface area contributed by atoms with Crippen LogP contribution in [0.4, 0.5) is 4.39 Å². The largest absolute Gasteiger partial charge is 0.348 e. The first-order chi connectivity index (χ1) is 13.1. The Kier molecular flexibility index (Phi) is 6.22. The Balaban J connectivity index is 1.70. The van der Waals surface area contributed by atoms with E-state index in [0.717, 1.165) is 32.2 Å². The fraction of sp³-hybridized carbons (Fsp3) is 0.364. The maximum Gasteiger partial charge on any atom is 0.254 e. The smallest absolute Gasteiger partial charge is 0.254 e. The van der Waals surface area contributed by atoms with E-state index in [1.54, 1.807) is 42.5 Å². The van der Waals surface area contributed by atoms with E-state index in [1.807, 2.05) is 4.90 Å². The van der Waals surface area contributed by atoms with Gasteiger partial charge in [-0.05, 0) is 49.9 Å². The first-order valence-corrected chi connectivity index (χ1v) is 9.52. The molecule has 0 radical (unpaired) electrons. The van der Waals surface area contributed by atoms with E-state index in [2.05, 4.69) is 12.2 Å². The van der Waals surface area contributed by atoms with Crippen LogP contribution in [-0.4, -0.2) is 29.3 Å². The van der Waals surface area contributed by atoms with Crippen molar-refractivity contribution >= 4 is 11.8 Å². The van der Waals surface area contributed by atoms with E-state index in [4.69, 9.17) is 0 Å². The maximum absolute atomic E-state index is 13.7. The Labute approximate surface area is 159 Å². The molecule has 3 rings (SSSR count). The van der Waals surface area contributed by atoms with Crippen LogP contribution in [0.2, 0.25) is 0 Å². The summed E-state index contributed by atoms with van der Waals surface area (Å²) in [5, 5.41) is 2.72. The summed E-state index contributed by atoms with van der Waals surface area (Å²) in [6, 6.07) is 13.4. The Hall–Kier alpha value is -2.69. The molecule has 0 saturated carbocycles. The number of nitrogens with one attached hydrogen (secondary N) is 1. The number of carbonyl (C=O) groups excluding carboxylic acids is 2. The molecule has 1 fully saturated rings. The number of carbonyl (C=O) groups is 2. The van der Waals surface area contributed by atoms with Crippen molar-refractivity contribution < 1.29 is 14.0 Å². The van der Waals surface area contributed by atoms with Gasteiger partial charge in [0.2, 0.25) is 0 Å². The highest BCUT2D eigenvalue weighted by Gasteiger charge is 2.26. The topological polar surface area (TPSA) is 49.4 Å². The quantitative estimate of drug-likeness (QED) is 0.861. The third-order valence-corrected chi connectivity index (χ3v) is 5.13. The van der Waals surface area contributed by atoms with Crippen LogP contribution < -0.4 is 5.32 Å². The third-order valence-electron chi connectivity index (χ3n) is 5.13. The molecule has 1 heterocycles. The number of amides is 2. The summed E-state index contributed by atoms with van der Waals surface area (Å²) in [5.74, 6) is -0.693. The average Bonchev–Trinajstić information content (AvgIpc) is 2.72. The number of hydrogen-bond acceptors (Lipinski definition) is 2. The fourth-order valence-corrected chi connectivity index (χ4v) is 3.57. The number of likely N-dealkylation sites (tertiary alicyclic amines) is 1. The predicted molar refractivity (Wildman–Crippen MR) is 103 cm³/mol. The molecule has 4 nitrogen and oxygen atoms in total. The fourth-order valence-electron chi connectivity index (χ4n) is 3.57. The van der Waals surface area contributed by atoms with E-state index >= 15 is 0 Å². The second-order valence-electron chi connectivity index (χ2n) is 6.91. The highest BCUT2D eigenvalue weighted by Crippen LogP contribution is 2.22. The maximum atomic E-state index is 13.7. The highest BCUT2D eigenvalue weighted by molar-refractivity contribution is 5.99. The SMILES string of the molecule is CCC1CCCCN1C(=O)c1cccc(C(=O)NCc2ccccc2F)c1. The molecule has 2 aromatic rings. The minimum atomic E-state index is -0.350. The van der Waals surface area contributed by atoms with Gasteiger partial charge in [-0.2, -0.15) is 0 Å². The summed E-state index contributed by atoms with van der Waals surface area (Å²) in [6.07, 6.45) is 4.14. The zero-order chi connectivity index (χ0) is 19.2. The molecule has 142 valence electrons. The molecular weight excluding hydrogens is 343 g/mol. The van der Waals surface area contributed by atoms with E-state index < -0.39 is 0 Å². The molecule has 5 heteroatoms. The second kappa shape index (κ2) is 8.80. The van der Waals surface area contributed by atoms with E-state index in [9.17, 15) is 14.0 Å². The van der Waals surface area contributed by atoms with Crippen molar-refractivity contribution in [3.05, 3.63) is 71.0 Å². The molecule has 2 amide bonds. The van der Waals surface area contributed by atoms with Gasteiger partial charge in [-0.25, -0.2) is 4.39 Å². The lowest BCUT2D eigenvalue weighted by molar-refractivity contribution is 0.0608. The molecular formula is C22H25FN2O2. The van der Waals surface area contributed by atoms with Crippen molar-refractivity contribution in [3.8, 4) is 0 Å².